The summed E-state index contributed by atoms with van der Waals surface area (Å²) in [6.45, 7) is 4.32. The van der Waals surface area contributed by atoms with Gasteiger partial charge >= 0.3 is 0 Å². The number of hydrogen-bond donors (Lipinski definition) is 0. The van der Waals surface area contributed by atoms with Crippen LogP contribution >= 0.6 is 0 Å². The SMILES string of the molecule is C[C@H]1CN(Cc2cc3ccccc3n2C)CCS(=O)(=O)C1. The lowest BCUT2D eigenvalue weighted by atomic mass is 10.2. The summed E-state index contributed by atoms with van der Waals surface area (Å²) in [5.41, 5.74) is 2.46. The van der Waals surface area contributed by atoms with Crippen molar-refractivity contribution < 1.29 is 8.42 Å². The van der Waals surface area contributed by atoms with E-state index in [2.05, 4.69) is 34.7 Å². The maximum Gasteiger partial charge on any atom is 0.151 e. The van der Waals surface area contributed by atoms with Crippen LogP contribution < -0.4 is 0 Å². The van der Waals surface area contributed by atoms with Crippen molar-refractivity contribution in [3.63, 3.8) is 0 Å². The fourth-order valence-corrected chi connectivity index (χ4v) is 4.92. The molecule has 0 amide bonds. The van der Waals surface area contributed by atoms with Crippen LogP contribution in [0.1, 0.15) is 12.6 Å². The van der Waals surface area contributed by atoms with Crippen molar-refractivity contribution in [1.82, 2.24) is 9.47 Å². The maximum absolute atomic E-state index is 11.9. The zero-order chi connectivity index (χ0) is 15.0. The van der Waals surface area contributed by atoms with E-state index in [4.69, 9.17) is 0 Å². The van der Waals surface area contributed by atoms with Crippen LogP contribution in [0.4, 0.5) is 0 Å². The molecule has 0 bridgehead atoms. The predicted molar refractivity (Wildman–Crippen MR) is 86.0 cm³/mol. The maximum atomic E-state index is 11.9. The second kappa shape index (κ2) is 5.46. The molecule has 1 aliphatic rings. The summed E-state index contributed by atoms with van der Waals surface area (Å²) in [5, 5.41) is 1.24. The van der Waals surface area contributed by atoms with Gasteiger partial charge in [-0.1, -0.05) is 25.1 Å². The monoisotopic (exact) mass is 306 g/mol. The molecule has 0 unspecified atom stereocenters. The Labute approximate surface area is 126 Å². The van der Waals surface area contributed by atoms with E-state index in [-0.39, 0.29) is 11.7 Å². The average Bonchev–Trinajstić information content (AvgIpc) is 2.65. The van der Waals surface area contributed by atoms with E-state index in [1.54, 1.807) is 0 Å². The molecule has 1 saturated heterocycles. The third-order valence-corrected chi connectivity index (χ3v) is 6.14. The first-order valence-electron chi connectivity index (χ1n) is 7.41. The summed E-state index contributed by atoms with van der Waals surface area (Å²) in [5.74, 6) is 0.798. The number of aryl methyl sites for hydroxylation is 1. The highest BCUT2D eigenvalue weighted by atomic mass is 32.2. The second-order valence-electron chi connectivity index (χ2n) is 6.21. The molecule has 0 N–H and O–H groups in total. The van der Waals surface area contributed by atoms with Crippen LogP contribution in [-0.2, 0) is 23.4 Å². The Morgan fingerprint density at radius 1 is 1.29 bits per heavy atom. The summed E-state index contributed by atoms with van der Waals surface area (Å²) in [7, 11) is -0.798. The molecule has 4 nitrogen and oxygen atoms in total. The molecule has 1 atom stereocenters. The first-order valence-corrected chi connectivity index (χ1v) is 9.23. The number of rotatable bonds is 2. The molecule has 3 rings (SSSR count). The fraction of sp³-hybridized carbons (Fsp3) is 0.500. The van der Waals surface area contributed by atoms with Gasteiger partial charge in [0.2, 0.25) is 0 Å². The molecule has 1 aromatic carbocycles. The molecule has 1 aliphatic heterocycles. The molecule has 21 heavy (non-hydrogen) atoms. The van der Waals surface area contributed by atoms with Gasteiger partial charge in [0, 0.05) is 37.9 Å². The minimum Gasteiger partial charge on any atom is -0.346 e. The van der Waals surface area contributed by atoms with Crippen molar-refractivity contribution in [2.45, 2.75) is 13.5 Å². The minimum atomic E-state index is -2.88. The Morgan fingerprint density at radius 3 is 2.81 bits per heavy atom. The molecule has 2 aromatic rings. The number of para-hydroxylation sites is 1. The highest BCUT2D eigenvalue weighted by molar-refractivity contribution is 7.91. The van der Waals surface area contributed by atoms with Crippen LogP contribution in [0.2, 0.25) is 0 Å². The molecule has 0 radical (unpaired) electrons. The topological polar surface area (TPSA) is 42.3 Å². The third-order valence-electron chi connectivity index (χ3n) is 4.26. The van der Waals surface area contributed by atoms with Crippen molar-refractivity contribution in [1.29, 1.82) is 0 Å². The van der Waals surface area contributed by atoms with Crippen LogP contribution in [-0.4, -0.2) is 42.5 Å². The summed E-state index contributed by atoms with van der Waals surface area (Å²) in [6, 6.07) is 10.5. The van der Waals surface area contributed by atoms with Gasteiger partial charge < -0.3 is 4.57 Å². The molecule has 2 heterocycles. The van der Waals surface area contributed by atoms with Gasteiger partial charge in [0.15, 0.2) is 9.84 Å². The van der Waals surface area contributed by atoms with E-state index in [0.29, 0.717) is 12.3 Å². The van der Waals surface area contributed by atoms with E-state index in [0.717, 1.165) is 13.1 Å². The average molecular weight is 306 g/mol. The number of sulfone groups is 1. The van der Waals surface area contributed by atoms with Crippen molar-refractivity contribution >= 4 is 20.7 Å². The molecule has 0 spiro atoms. The standard InChI is InChI=1S/C16H22N2O2S/c1-13-10-18(7-8-21(19,20)12-13)11-15-9-14-5-3-4-6-16(14)17(15)2/h3-6,9,13H,7-8,10-12H2,1-2H3/t13-/m0/s1. The Balaban J connectivity index is 1.83. The smallest absolute Gasteiger partial charge is 0.151 e. The molecule has 5 heteroatoms. The number of benzene rings is 1. The molecule has 114 valence electrons. The van der Waals surface area contributed by atoms with Crippen molar-refractivity contribution in [2.24, 2.45) is 13.0 Å². The molecular weight excluding hydrogens is 284 g/mol. The van der Waals surface area contributed by atoms with E-state index in [9.17, 15) is 8.42 Å². The minimum absolute atomic E-state index is 0.201. The van der Waals surface area contributed by atoms with Gasteiger partial charge in [-0.15, -0.1) is 0 Å². The van der Waals surface area contributed by atoms with Gasteiger partial charge in [-0.2, -0.15) is 0 Å². The molecule has 0 aliphatic carbocycles. The lowest BCUT2D eigenvalue weighted by molar-refractivity contribution is 0.252. The molecule has 0 saturated carbocycles. The van der Waals surface area contributed by atoms with Crippen LogP contribution in [0, 0.1) is 5.92 Å². The summed E-state index contributed by atoms with van der Waals surface area (Å²) in [6.07, 6.45) is 0. The number of fused-ring (bicyclic) bond motifs is 1. The Hall–Kier alpha value is -1.33. The first kappa shape index (κ1) is 14.6. The Morgan fingerprint density at radius 2 is 2.05 bits per heavy atom. The van der Waals surface area contributed by atoms with E-state index >= 15 is 0 Å². The Bertz CT molecular complexity index is 749. The zero-order valence-electron chi connectivity index (χ0n) is 12.6. The van der Waals surface area contributed by atoms with E-state index in [1.807, 2.05) is 19.1 Å². The van der Waals surface area contributed by atoms with Gasteiger partial charge in [0.25, 0.3) is 0 Å². The second-order valence-corrected chi connectivity index (χ2v) is 8.44. The van der Waals surface area contributed by atoms with Gasteiger partial charge in [0.05, 0.1) is 11.5 Å². The number of hydrogen-bond acceptors (Lipinski definition) is 3. The molecular formula is C16H22N2O2S. The number of aromatic nitrogens is 1. The van der Waals surface area contributed by atoms with Crippen LogP contribution in [0.3, 0.4) is 0 Å². The fourth-order valence-electron chi connectivity index (χ4n) is 3.24. The summed E-state index contributed by atoms with van der Waals surface area (Å²) >= 11 is 0. The molecule has 1 fully saturated rings. The quantitative estimate of drug-likeness (QED) is 0.853. The highest BCUT2D eigenvalue weighted by Crippen LogP contribution is 2.21. The first-order chi connectivity index (χ1) is 9.94. The van der Waals surface area contributed by atoms with E-state index < -0.39 is 9.84 Å². The van der Waals surface area contributed by atoms with Crippen molar-refractivity contribution in [3.05, 3.63) is 36.0 Å². The lowest BCUT2D eigenvalue weighted by Crippen LogP contribution is -2.29. The third kappa shape index (κ3) is 3.14. The highest BCUT2D eigenvalue weighted by Gasteiger charge is 2.24. The largest absolute Gasteiger partial charge is 0.346 e. The predicted octanol–water partition coefficient (Wildman–Crippen LogP) is 2.04. The van der Waals surface area contributed by atoms with Crippen LogP contribution in [0.15, 0.2) is 30.3 Å². The van der Waals surface area contributed by atoms with Gasteiger partial charge in [-0.25, -0.2) is 8.42 Å². The van der Waals surface area contributed by atoms with Gasteiger partial charge in [-0.3, -0.25) is 4.90 Å². The zero-order valence-corrected chi connectivity index (χ0v) is 13.4. The Kier molecular flexibility index (Phi) is 3.80. The summed E-state index contributed by atoms with van der Waals surface area (Å²) in [4.78, 5) is 2.27. The van der Waals surface area contributed by atoms with Gasteiger partial charge in [0.1, 0.15) is 0 Å². The van der Waals surface area contributed by atoms with Crippen LogP contribution in [0.5, 0.6) is 0 Å². The number of nitrogens with zero attached hydrogens (tertiary/aromatic N) is 2. The van der Waals surface area contributed by atoms with Crippen molar-refractivity contribution in [3.8, 4) is 0 Å². The summed E-state index contributed by atoms with van der Waals surface area (Å²) < 4.78 is 25.9. The van der Waals surface area contributed by atoms with Crippen molar-refractivity contribution in [2.75, 3.05) is 24.6 Å². The lowest BCUT2D eigenvalue weighted by Gasteiger charge is -2.21. The van der Waals surface area contributed by atoms with E-state index in [1.165, 1.54) is 16.6 Å². The van der Waals surface area contributed by atoms with Crippen LogP contribution in [0.25, 0.3) is 10.9 Å². The molecule has 1 aromatic heterocycles. The normalized spacial score (nSPS) is 23.2. The van der Waals surface area contributed by atoms with Gasteiger partial charge in [-0.05, 0) is 23.4 Å².